The van der Waals surface area contributed by atoms with Crippen LogP contribution in [0.3, 0.4) is 0 Å². The van der Waals surface area contributed by atoms with E-state index in [0.29, 0.717) is 0 Å². The first-order valence-corrected chi connectivity index (χ1v) is 7.02. The van der Waals surface area contributed by atoms with Crippen molar-refractivity contribution < 1.29 is 4.79 Å². The van der Waals surface area contributed by atoms with Crippen molar-refractivity contribution in [3.63, 3.8) is 0 Å². The van der Waals surface area contributed by atoms with Crippen LogP contribution in [-0.2, 0) is 5.54 Å². The van der Waals surface area contributed by atoms with E-state index < -0.39 is 0 Å². The van der Waals surface area contributed by atoms with Crippen molar-refractivity contribution in [2.24, 2.45) is 5.73 Å². The van der Waals surface area contributed by atoms with Crippen molar-refractivity contribution in [3.05, 3.63) is 29.8 Å². The Morgan fingerprint density at radius 2 is 1.74 bits per heavy atom. The third kappa shape index (κ3) is 2.10. The van der Waals surface area contributed by atoms with E-state index in [9.17, 15) is 4.79 Å². The molecule has 3 rings (SSSR count). The lowest BCUT2D eigenvalue weighted by Crippen LogP contribution is -2.33. The molecule has 19 heavy (non-hydrogen) atoms. The summed E-state index contributed by atoms with van der Waals surface area (Å²) >= 11 is 0. The Labute approximate surface area is 114 Å². The zero-order chi connectivity index (χ0) is 13.5. The van der Waals surface area contributed by atoms with Crippen LogP contribution < -0.4 is 10.6 Å². The number of hydrogen-bond donors (Lipinski definition) is 1. The van der Waals surface area contributed by atoms with E-state index in [4.69, 9.17) is 5.73 Å². The van der Waals surface area contributed by atoms with Gasteiger partial charge in [-0.05, 0) is 30.5 Å². The van der Waals surface area contributed by atoms with Crippen LogP contribution >= 0.6 is 0 Å². The second-order valence-electron chi connectivity index (χ2n) is 5.77. The molecule has 1 aliphatic heterocycles. The van der Waals surface area contributed by atoms with Gasteiger partial charge in [0.2, 0.25) is 0 Å². The van der Waals surface area contributed by atoms with Gasteiger partial charge in [-0.2, -0.15) is 0 Å². The molecule has 0 radical (unpaired) electrons. The average molecular weight is 259 g/mol. The van der Waals surface area contributed by atoms with E-state index in [2.05, 4.69) is 12.1 Å². The van der Waals surface area contributed by atoms with Crippen LogP contribution in [0.1, 0.15) is 31.2 Å². The molecule has 102 valence electrons. The standard InChI is InChI=1S/C15H21N3O/c1-17-10-11-18(14(17)19)13-6-4-12(5-7-13)15(16)8-2-3-9-15/h4-7H,2-3,8-11,16H2,1H3. The molecule has 2 amide bonds. The highest BCUT2D eigenvalue weighted by Gasteiger charge is 2.32. The summed E-state index contributed by atoms with van der Waals surface area (Å²) in [5, 5.41) is 0. The number of nitrogens with two attached hydrogens (primary N) is 1. The number of hydrogen-bond acceptors (Lipinski definition) is 2. The molecule has 1 aromatic carbocycles. The average Bonchev–Trinajstić information content (AvgIpc) is 2.99. The summed E-state index contributed by atoms with van der Waals surface area (Å²) in [5.74, 6) is 0. The van der Waals surface area contributed by atoms with E-state index in [-0.39, 0.29) is 11.6 Å². The predicted octanol–water partition coefficient (Wildman–Crippen LogP) is 2.29. The highest BCUT2D eigenvalue weighted by atomic mass is 16.2. The fourth-order valence-electron chi connectivity index (χ4n) is 3.15. The molecule has 0 atom stereocenters. The topological polar surface area (TPSA) is 49.6 Å². The minimum Gasteiger partial charge on any atom is -0.326 e. The minimum absolute atomic E-state index is 0.0797. The van der Waals surface area contributed by atoms with Crippen LogP contribution in [0.5, 0.6) is 0 Å². The summed E-state index contributed by atoms with van der Waals surface area (Å²) in [6, 6.07) is 8.31. The Kier molecular flexibility index (Phi) is 2.97. The summed E-state index contributed by atoms with van der Waals surface area (Å²) in [6.45, 7) is 1.56. The van der Waals surface area contributed by atoms with Gasteiger partial charge in [0, 0.05) is 31.4 Å². The van der Waals surface area contributed by atoms with Crippen LogP contribution in [0.15, 0.2) is 24.3 Å². The first-order chi connectivity index (χ1) is 9.10. The molecule has 2 N–H and O–H groups in total. The van der Waals surface area contributed by atoms with Crippen LogP contribution in [0.25, 0.3) is 0 Å². The molecule has 4 heteroatoms. The third-order valence-electron chi connectivity index (χ3n) is 4.47. The second kappa shape index (κ2) is 4.53. The fourth-order valence-corrected chi connectivity index (χ4v) is 3.15. The molecule has 2 aliphatic rings. The lowest BCUT2D eigenvalue weighted by molar-refractivity contribution is 0.229. The van der Waals surface area contributed by atoms with Crippen molar-refractivity contribution >= 4 is 11.7 Å². The highest BCUT2D eigenvalue weighted by Crippen LogP contribution is 2.36. The van der Waals surface area contributed by atoms with Crippen molar-refractivity contribution in [1.29, 1.82) is 0 Å². The largest absolute Gasteiger partial charge is 0.326 e. The van der Waals surface area contributed by atoms with Gasteiger partial charge in [0.05, 0.1) is 0 Å². The molecule has 0 bridgehead atoms. The summed E-state index contributed by atoms with van der Waals surface area (Å²) in [5.41, 5.74) is 8.47. The van der Waals surface area contributed by atoms with Gasteiger partial charge in [0.25, 0.3) is 0 Å². The van der Waals surface area contributed by atoms with E-state index >= 15 is 0 Å². The Morgan fingerprint density at radius 1 is 1.11 bits per heavy atom. The summed E-state index contributed by atoms with van der Waals surface area (Å²) in [4.78, 5) is 15.5. The number of amides is 2. The Hall–Kier alpha value is -1.55. The Morgan fingerprint density at radius 3 is 2.26 bits per heavy atom. The highest BCUT2D eigenvalue weighted by molar-refractivity contribution is 5.93. The van der Waals surface area contributed by atoms with E-state index in [1.165, 1.54) is 18.4 Å². The van der Waals surface area contributed by atoms with E-state index in [1.807, 2.05) is 24.1 Å². The third-order valence-corrected chi connectivity index (χ3v) is 4.47. The maximum Gasteiger partial charge on any atom is 0.324 e. The summed E-state index contributed by atoms with van der Waals surface area (Å²) in [6.07, 6.45) is 4.57. The quantitative estimate of drug-likeness (QED) is 0.886. The zero-order valence-electron chi connectivity index (χ0n) is 11.4. The zero-order valence-corrected chi connectivity index (χ0v) is 11.4. The molecule has 1 heterocycles. The summed E-state index contributed by atoms with van der Waals surface area (Å²) < 4.78 is 0. The lowest BCUT2D eigenvalue weighted by Gasteiger charge is -2.25. The fraction of sp³-hybridized carbons (Fsp3) is 0.533. The van der Waals surface area contributed by atoms with Crippen LogP contribution in [-0.4, -0.2) is 31.1 Å². The van der Waals surface area contributed by atoms with Crippen molar-refractivity contribution in [2.45, 2.75) is 31.2 Å². The molecule has 1 aliphatic carbocycles. The van der Waals surface area contributed by atoms with Gasteiger partial charge in [-0.3, -0.25) is 4.90 Å². The second-order valence-corrected chi connectivity index (χ2v) is 5.77. The van der Waals surface area contributed by atoms with Gasteiger partial charge in [-0.1, -0.05) is 25.0 Å². The molecular formula is C15H21N3O. The monoisotopic (exact) mass is 259 g/mol. The van der Waals surface area contributed by atoms with Crippen LogP contribution in [0, 0.1) is 0 Å². The molecule has 0 spiro atoms. The van der Waals surface area contributed by atoms with Crippen molar-refractivity contribution in [2.75, 3.05) is 25.0 Å². The molecule has 4 nitrogen and oxygen atoms in total. The normalized spacial score (nSPS) is 22.3. The van der Waals surface area contributed by atoms with E-state index in [1.54, 1.807) is 4.90 Å². The molecule has 2 fully saturated rings. The first kappa shape index (κ1) is 12.5. The SMILES string of the molecule is CN1CCN(c2ccc(C3(N)CCCC3)cc2)C1=O. The number of benzene rings is 1. The first-order valence-electron chi connectivity index (χ1n) is 7.02. The van der Waals surface area contributed by atoms with Gasteiger partial charge in [-0.15, -0.1) is 0 Å². The maximum atomic E-state index is 11.9. The van der Waals surface area contributed by atoms with Gasteiger partial charge < -0.3 is 10.6 Å². The number of likely N-dealkylation sites (N-methyl/N-ethyl adjacent to an activating group) is 1. The van der Waals surface area contributed by atoms with Crippen LogP contribution in [0.2, 0.25) is 0 Å². The maximum absolute atomic E-state index is 11.9. The van der Waals surface area contributed by atoms with Gasteiger partial charge in [0.1, 0.15) is 0 Å². The molecule has 1 aromatic rings. The Bertz CT molecular complexity index is 477. The number of anilines is 1. The number of carbonyl (C=O) groups excluding carboxylic acids is 1. The van der Waals surface area contributed by atoms with Gasteiger partial charge in [0.15, 0.2) is 0 Å². The number of rotatable bonds is 2. The number of carbonyl (C=O) groups is 1. The lowest BCUT2D eigenvalue weighted by atomic mass is 9.89. The predicted molar refractivity (Wildman–Crippen MR) is 76.1 cm³/mol. The van der Waals surface area contributed by atoms with Crippen LogP contribution in [0.4, 0.5) is 10.5 Å². The van der Waals surface area contributed by atoms with Crippen molar-refractivity contribution in [1.82, 2.24) is 4.90 Å². The summed E-state index contributed by atoms with van der Waals surface area (Å²) in [7, 11) is 1.84. The minimum atomic E-state index is -0.148. The molecule has 0 aromatic heterocycles. The molecule has 1 saturated heterocycles. The number of nitrogens with zero attached hydrogens (tertiary/aromatic N) is 2. The smallest absolute Gasteiger partial charge is 0.324 e. The molecule has 0 unspecified atom stereocenters. The molecule has 1 saturated carbocycles. The van der Waals surface area contributed by atoms with E-state index in [0.717, 1.165) is 31.6 Å². The van der Waals surface area contributed by atoms with Crippen molar-refractivity contribution in [3.8, 4) is 0 Å². The van der Waals surface area contributed by atoms with Gasteiger partial charge in [-0.25, -0.2) is 4.79 Å². The number of urea groups is 1. The Balaban J connectivity index is 1.81. The van der Waals surface area contributed by atoms with Gasteiger partial charge >= 0.3 is 6.03 Å². The molecular weight excluding hydrogens is 238 g/mol.